The predicted octanol–water partition coefficient (Wildman–Crippen LogP) is 3.88. The van der Waals surface area contributed by atoms with Gasteiger partial charge in [0.25, 0.3) is 0 Å². The summed E-state index contributed by atoms with van der Waals surface area (Å²) in [5, 5.41) is 3.21. The molecular formula is C15H23F3N2. The molecule has 0 unspecified atom stereocenters. The van der Waals surface area contributed by atoms with E-state index in [1.54, 1.807) is 6.07 Å². The molecule has 0 heterocycles. The molecule has 0 amide bonds. The average Bonchev–Trinajstić information content (AvgIpc) is 2.34. The summed E-state index contributed by atoms with van der Waals surface area (Å²) in [6.45, 7) is 6.90. The fraction of sp³-hybridized carbons (Fsp3) is 0.600. The summed E-state index contributed by atoms with van der Waals surface area (Å²) in [4.78, 5) is 1.41. The third-order valence-electron chi connectivity index (χ3n) is 3.04. The predicted molar refractivity (Wildman–Crippen MR) is 77.1 cm³/mol. The maximum absolute atomic E-state index is 12.6. The second kappa shape index (κ2) is 7.53. The van der Waals surface area contributed by atoms with E-state index in [-0.39, 0.29) is 0 Å². The number of aryl methyl sites for hydroxylation is 1. The van der Waals surface area contributed by atoms with Gasteiger partial charge in [-0.3, -0.25) is 0 Å². The number of hydrogen-bond donors (Lipinski definition) is 1. The van der Waals surface area contributed by atoms with Crippen LogP contribution in [0.1, 0.15) is 31.4 Å². The van der Waals surface area contributed by atoms with Gasteiger partial charge in [0.05, 0.1) is 0 Å². The van der Waals surface area contributed by atoms with Crippen molar-refractivity contribution in [3.63, 3.8) is 0 Å². The second-order valence-electron chi connectivity index (χ2n) is 4.94. The van der Waals surface area contributed by atoms with Gasteiger partial charge in [-0.2, -0.15) is 13.2 Å². The lowest BCUT2D eigenvalue weighted by Crippen LogP contribution is -2.35. The van der Waals surface area contributed by atoms with Gasteiger partial charge in [-0.15, -0.1) is 0 Å². The number of nitrogens with zero attached hydrogens (tertiary/aromatic N) is 1. The van der Waals surface area contributed by atoms with Gasteiger partial charge in [0.1, 0.15) is 6.54 Å². The number of hydrogen-bond acceptors (Lipinski definition) is 2. The molecule has 2 nitrogen and oxygen atoms in total. The van der Waals surface area contributed by atoms with E-state index in [0.29, 0.717) is 18.7 Å². The first-order valence-corrected chi connectivity index (χ1v) is 6.99. The van der Waals surface area contributed by atoms with Crippen molar-refractivity contribution in [1.29, 1.82) is 0 Å². The highest BCUT2D eigenvalue weighted by molar-refractivity contribution is 5.54. The third kappa shape index (κ3) is 5.41. The van der Waals surface area contributed by atoms with E-state index >= 15 is 0 Å². The highest BCUT2D eigenvalue weighted by Crippen LogP contribution is 2.26. The molecule has 114 valence electrons. The van der Waals surface area contributed by atoms with E-state index in [9.17, 15) is 13.2 Å². The standard InChI is InChI=1S/C15H23F3N2/c1-4-8-20(11-15(16,17)18)14-7-6-13(9-12(14)3)10-19-5-2/h6-7,9,19H,4-5,8,10-11H2,1-3H3. The minimum Gasteiger partial charge on any atom is -0.362 e. The Balaban J connectivity index is 2.90. The van der Waals surface area contributed by atoms with Crippen LogP contribution >= 0.6 is 0 Å². The minimum absolute atomic E-state index is 0.410. The summed E-state index contributed by atoms with van der Waals surface area (Å²) in [6.07, 6.45) is -3.49. The van der Waals surface area contributed by atoms with Crippen LogP contribution in [0.3, 0.4) is 0 Å². The Hall–Kier alpha value is -1.23. The van der Waals surface area contributed by atoms with E-state index in [1.165, 1.54) is 4.90 Å². The van der Waals surface area contributed by atoms with E-state index in [1.807, 2.05) is 32.9 Å². The van der Waals surface area contributed by atoms with Crippen molar-refractivity contribution in [3.05, 3.63) is 29.3 Å². The number of halogens is 3. The molecule has 0 saturated heterocycles. The fourth-order valence-electron chi connectivity index (χ4n) is 2.22. The molecule has 0 aliphatic heterocycles. The van der Waals surface area contributed by atoms with Crippen molar-refractivity contribution in [2.24, 2.45) is 0 Å². The first-order valence-electron chi connectivity index (χ1n) is 6.99. The van der Waals surface area contributed by atoms with Crippen molar-refractivity contribution in [1.82, 2.24) is 5.32 Å². The molecule has 0 aromatic heterocycles. The Morgan fingerprint density at radius 1 is 1.20 bits per heavy atom. The average molecular weight is 288 g/mol. The maximum atomic E-state index is 12.6. The topological polar surface area (TPSA) is 15.3 Å². The molecule has 0 fully saturated rings. The lowest BCUT2D eigenvalue weighted by Gasteiger charge is -2.27. The fourth-order valence-corrected chi connectivity index (χ4v) is 2.22. The monoisotopic (exact) mass is 288 g/mol. The summed E-state index contributed by atoms with van der Waals surface area (Å²) in [5.74, 6) is 0. The van der Waals surface area contributed by atoms with Gasteiger partial charge in [0, 0.05) is 18.8 Å². The van der Waals surface area contributed by atoms with E-state index in [0.717, 1.165) is 24.2 Å². The van der Waals surface area contributed by atoms with Gasteiger partial charge in [-0.1, -0.05) is 26.0 Å². The molecule has 0 aliphatic rings. The molecule has 0 aliphatic carbocycles. The van der Waals surface area contributed by atoms with Crippen molar-refractivity contribution in [3.8, 4) is 0 Å². The number of nitrogens with one attached hydrogen (secondary N) is 1. The Morgan fingerprint density at radius 2 is 1.90 bits per heavy atom. The summed E-state index contributed by atoms with van der Waals surface area (Å²) in [5.41, 5.74) is 2.65. The SMILES string of the molecule is CCCN(CC(F)(F)F)c1ccc(CNCC)cc1C. The van der Waals surface area contributed by atoms with Crippen LogP contribution in [-0.4, -0.2) is 25.8 Å². The lowest BCUT2D eigenvalue weighted by molar-refractivity contribution is -0.119. The van der Waals surface area contributed by atoms with Gasteiger partial charge in [-0.05, 0) is 37.1 Å². The molecule has 5 heteroatoms. The largest absolute Gasteiger partial charge is 0.405 e. The van der Waals surface area contributed by atoms with Crippen LogP contribution in [0.4, 0.5) is 18.9 Å². The third-order valence-corrected chi connectivity index (χ3v) is 3.04. The number of benzene rings is 1. The molecule has 1 aromatic carbocycles. The Bertz CT molecular complexity index is 416. The smallest absolute Gasteiger partial charge is 0.362 e. The van der Waals surface area contributed by atoms with Crippen LogP contribution in [0, 0.1) is 6.92 Å². The van der Waals surface area contributed by atoms with E-state index < -0.39 is 12.7 Å². The molecule has 1 N–H and O–H groups in total. The highest BCUT2D eigenvalue weighted by Gasteiger charge is 2.31. The molecule has 1 aromatic rings. The molecule has 20 heavy (non-hydrogen) atoms. The van der Waals surface area contributed by atoms with Crippen LogP contribution in [-0.2, 0) is 6.54 Å². The van der Waals surface area contributed by atoms with Gasteiger partial charge in [0.2, 0.25) is 0 Å². The van der Waals surface area contributed by atoms with Crippen LogP contribution in [0.25, 0.3) is 0 Å². The minimum atomic E-state index is -4.18. The van der Waals surface area contributed by atoms with Crippen LogP contribution in [0.5, 0.6) is 0 Å². The number of anilines is 1. The van der Waals surface area contributed by atoms with Crippen LogP contribution < -0.4 is 10.2 Å². The zero-order chi connectivity index (χ0) is 15.2. The first-order chi connectivity index (χ1) is 9.37. The van der Waals surface area contributed by atoms with Crippen molar-refractivity contribution in [2.45, 2.75) is 39.9 Å². The molecule has 0 spiro atoms. The Labute approximate surface area is 119 Å². The van der Waals surface area contributed by atoms with Crippen molar-refractivity contribution < 1.29 is 13.2 Å². The zero-order valence-electron chi connectivity index (χ0n) is 12.3. The lowest BCUT2D eigenvalue weighted by atomic mass is 10.1. The van der Waals surface area contributed by atoms with Gasteiger partial charge in [0.15, 0.2) is 0 Å². The van der Waals surface area contributed by atoms with Gasteiger partial charge >= 0.3 is 6.18 Å². The normalized spacial score (nSPS) is 11.7. The van der Waals surface area contributed by atoms with Crippen molar-refractivity contribution in [2.75, 3.05) is 24.5 Å². The quantitative estimate of drug-likeness (QED) is 0.819. The molecule has 0 atom stereocenters. The van der Waals surface area contributed by atoms with Crippen LogP contribution in [0.2, 0.25) is 0 Å². The van der Waals surface area contributed by atoms with Gasteiger partial charge < -0.3 is 10.2 Å². The zero-order valence-corrected chi connectivity index (χ0v) is 12.3. The summed E-state index contributed by atoms with van der Waals surface area (Å²) >= 11 is 0. The summed E-state index contributed by atoms with van der Waals surface area (Å²) in [7, 11) is 0. The Kier molecular flexibility index (Phi) is 6.33. The van der Waals surface area contributed by atoms with Crippen LogP contribution in [0.15, 0.2) is 18.2 Å². The molecule has 0 saturated carbocycles. The van der Waals surface area contributed by atoms with Crippen molar-refractivity contribution >= 4 is 5.69 Å². The molecule has 1 rings (SSSR count). The van der Waals surface area contributed by atoms with E-state index in [4.69, 9.17) is 0 Å². The number of alkyl halides is 3. The van der Waals surface area contributed by atoms with Gasteiger partial charge in [-0.25, -0.2) is 0 Å². The number of rotatable bonds is 7. The van der Waals surface area contributed by atoms with E-state index in [2.05, 4.69) is 5.32 Å². The molecule has 0 bridgehead atoms. The highest BCUT2D eigenvalue weighted by atomic mass is 19.4. The Morgan fingerprint density at radius 3 is 2.40 bits per heavy atom. The summed E-state index contributed by atoms with van der Waals surface area (Å²) < 4.78 is 37.9. The first kappa shape index (κ1) is 16.8. The summed E-state index contributed by atoms with van der Waals surface area (Å²) in [6, 6.07) is 5.64. The maximum Gasteiger partial charge on any atom is 0.405 e. The molecule has 0 radical (unpaired) electrons. The molecular weight excluding hydrogens is 265 g/mol. The second-order valence-corrected chi connectivity index (χ2v) is 4.94.